The molecule has 1 fully saturated rings. The summed E-state index contributed by atoms with van der Waals surface area (Å²) in [6, 6.07) is 9.25. The van der Waals surface area contributed by atoms with Crippen LogP contribution in [0.5, 0.6) is 11.5 Å². The first-order valence-corrected chi connectivity index (χ1v) is 9.33. The maximum atomic E-state index is 12.4. The van der Waals surface area contributed by atoms with Gasteiger partial charge in [-0.3, -0.25) is 4.90 Å². The van der Waals surface area contributed by atoms with E-state index in [-0.39, 0.29) is 42.4 Å². The normalized spacial score (nSPS) is 15.8. The van der Waals surface area contributed by atoms with Crippen LogP contribution in [-0.2, 0) is 0 Å². The van der Waals surface area contributed by atoms with Crippen molar-refractivity contribution in [3.8, 4) is 11.5 Å². The van der Waals surface area contributed by atoms with Crippen molar-refractivity contribution in [1.82, 2.24) is 10.2 Å². The molecule has 0 bridgehead atoms. The zero-order valence-electron chi connectivity index (χ0n) is 15.5. The molecule has 1 atom stereocenters. The molecular formula is C19H22BrCl2F3N2O2. The van der Waals surface area contributed by atoms with Crippen molar-refractivity contribution in [3.63, 3.8) is 0 Å². The summed E-state index contributed by atoms with van der Waals surface area (Å²) < 4.78 is 42.1. The molecule has 0 saturated carbocycles. The second-order valence-corrected chi connectivity index (χ2v) is 7.38. The summed E-state index contributed by atoms with van der Waals surface area (Å²) in [6.07, 6.45) is -4.72. The number of aromatic hydroxyl groups is 1. The van der Waals surface area contributed by atoms with Gasteiger partial charge in [0.1, 0.15) is 11.5 Å². The number of phenolic OH excluding ortho intramolecular Hbond substituents is 1. The number of halogens is 6. The lowest BCUT2D eigenvalue weighted by atomic mass is 9.94. The number of aryl methyl sites for hydroxylation is 1. The predicted octanol–water partition coefficient (Wildman–Crippen LogP) is 5.20. The van der Waals surface area contributed by atoms with Gasteiger partial charge in [0.05, 0.1) is 6.04 Å². The zero-order chi connectivity index (χ0) is 19.6. The number of phenols is 1. The fraction of sp³-hybridized carbons (Fsp3) is 0.368. The molecule has 0 unspecified atom stereocenters. The van der Waals surface area contributed by atoms with E-state index in [1.807, 2.05) is 19.1 Å². The minimum atomic E-state index is -4.72. The maximum Gasteiger partial charge on any atom is 0.573 e. The van der Waals surface area contributed by atoms with Crippen molar-refractivity contribution in [2.75, 3.05) is 26.2 Å². The lowest BCUT2D eigenvalue weighted by molar-refractivity contribution is -0.274. The smallest absolute Gasteiger partial charge is 0.507 e. The summed E-state index contributed by atoms with van der Waals surface area (Å²) in [5, 5.41) is 13.9. The molecule has 1 aliphatic heterocycles. The highest BCUT2D eigenvalue weighted by Gasteiger charge is 2.32. The van der Waals surface area contributed by atoms with E-state index in [0.717, 1.165) is 41.8 Å². The molecule has 0 radical (unpaired) electrons. The number of hydrogen-bond donors (Lipinski definition) is 2. The monoisotopic (exact) mass is 516 g/mol. The number of alkyl halides is 3. The first-order chi connectivity index (χ1) is 12.7. The molecule has 0 aromatic heterocycles. The van der Waals surface area contributed by atoms with Crippen molar-refractivity contribution in [2.24, 2.45) is 0 Å². The molecule has 2 N–H and O–H groups in total. The van der Waals surface area contributed by atoms with Crippen LogP contribution in [0.15, 0.2) is 40.9 Å². The average Bonchev–Trinajstić information content (AvgIpc) is 2.60. The van der Waals surface area contributed by atoms with Gasteiger partial charge in [-0.05, 0) is 42.3 Å². The second kappa shape index (κ2) is 10.7. The van der Waals surface area contributed by atoms with Crippen molar-refractivity contribution in [2.45, 2.75) is 19.3 Å². The Bertz CT molecular complexity index is 801. The molecule has 3 rings (SSSR count). The van der Waals surface area contributed by atoms with Crippen LogP contribution in [0.3, 0.4) is 0 Å². The molecule has 29 heavy (non-hydrogen) atoms. The van der Waals surface area contributed by atoms with Crippen LogP contribution in [0.4, 0.5) is 13.2 Å². The van der Waals surface area contributed by atoms with Crippen LogP contribution >= 0.6 is 40.7 Å². The topological polar surface area (TPSA) is 44.7 Å². The number of ether oxygens (including phenoxy) is 1. The summed E-state index contributed by atoms with van der Waals surface area (Å²) in [6.45, 7) is 4.95. The highest BCUT2D eigenvalue weighted by Crippen LogP contribution is 2.38. The molecule has 1 heterocycles. The Balaban J connectivity index is 0.00000210. The SMILES string of the molecule is Cc1cc(Br)cc([C@@H](c2ccc(OC(F)(F)F)cc2)N2CCNCC2)c1O.Cl.Cl. The number of benzene rings is 2. The van der Waals surface area contributed by atoms with Gasteiger partial charge in [-0.25, -0.2) is 0 Å². The number of nitrogens with zero attached hydrogens (tertiary/aromatic N) is 1. The van der Waals surface area contributed by atoms with Gasteiger partial charge in [-0.2, -0.15) is 0 Å². The van der Waals surface area contributed by atoms with Crippen LogP contribution in [-0.4, -0.2) is 42.5 Å². The summed E-state index contributed by atoms with van der Waals surface area (Å²) in [5.74, 6) is -0.0719. The molecule has 2 aromatic carbocycles. The van der Waals surface area contributed by atoms with E-state index in [4.69, 9.17) is 0 Å². The van der Waals surface area contributed by atoms with Gasteiger partial charge in [-0.1, -0.05) is 28.1 Å². The van der Waals surface area contributed by atoms with Gasteiger partial charge in [-0.15, -0.1) is 38.0 Å². The lowest BCUT2D eigenvalue weighted by Crippen LogP contribution is -2.45. The molecule has 0 amide bonds. The summed E-state index contributed by atoms with van der Waals surface area (Å²) in [7, 11) is 0. The third-order valence-corrected chi connectivity index (χ3v) is 4.99. The molecule has 162 valence electrons. The van der Waals surface area contributed by atoms with Gasteiger partial charge in [0.15, 0.2) is 0 Å². The van der Waals surface area contributed by atoms with E-state index in [1.165, 1.54) is 12.1 Å². The standard InChI is InChI=1S/C19H20BrF3N2O2.2ClH/c1-12-10-14(20)11-16(18(12)26)17(25-8-6-24-7-9-25)13-2-4-15(5-3-13)27-19(21,22)23;;/h2-5,10-11,17,24,26H,6-9H2,1H3;2*1H/t17-;;/m1../s1. The Hall–Kier alpha value is -1.19. The van der Waals surface area contributed by atoms with Crippen molar-refractivity contribution in [1.29, 1.82) is 0 Å². The van der Waals surface area contributed by atoms with Crippen molar-refractivity contribution >= 4 is 40.7 Å². The first-order valence-electron chi connectivity index (χ1n) is 8.54. The summed E-state index contributed by atoms with van der Waals surface area (Å²) in [4.78, 5) is 2.21. The maximum absolute atomic E-state index is 12.4. The van der Waals surface area contributed by atoms with E-state index in [9.17, 15) is 18.3 Å². The number of hydrogen-bond acceptors (Lipinski definition) is 4. The minimum absolute atomic E-state index is 0. The Morgan fingerprint density at radius 1 is 1.10 bits per heavy atom. The Morgan fingerprint density at radius 3 is 2.24 bits per heavy atom. The van der Waals surface area contributed by atoms with Crippen LogP contribution in [0.2, 0.25) is 0 Å². The van der Waals surface area contributed by atoms with E-state index < -0.39 is 6.36 Å². The Morgan fingerprint density at radius 2 is 1.69 bits per heavy atom. The van der Waals surface area contributed by atoms with Gasteiger partial charge in [0, 0.05) is 36.2 Å². The fourth-order valence-corrected chi connectivity index (χ4v) is 3.94. The zero-order valence-corrected chi connectivity index (χ0v) is 18.7. The number of nitrogens with one attached hydrogen (secondary N) is 1. The van der Waals surface area contributed by atoms with Crippen molar-refractivity contribution < 1.29 is 23.0 Å². The van der Waals surface area contributed by atoms with Crippen LogP contribution in [0, 0.1) is 6.92 Å². The number of piperazine rings is 1. The van der Waals surface area contributed by atoms with E-state index in [0.29, 0.717) is 5.56 Å². The average molecular weight is 518 g/mol. The third kappa shape index (κ3) is 6.65. The minimum Gasteiger partial charge on any atom is -0.507 e. The second-order valence-electron chi connectivity index (χ2n) is 6.47. The van der Waals surface area contributed by atoms with Gasteiger partial charge in [0.2, 0.25) is 0 Å². The van der Waals surface area contributed by atoms with Crippen molar-refractivity contribution in [3.05, 3.63) is 57.6 Å². The molecule has 1 saturated heterocycles. The van der Waals surface area contributed by atoms with Gasteiger partial charge in [0.25, 0.3) is 0 Å². The highest BCUT2D eigenvalue weighted by atomic mass is 79.9. The molecule has 4 nitrogen and oxygen atoms in total. The largest absolute Gasteiger partial charge is 0.573 e. The van der Waals surface area contributed by atoms with Crippen LogP contribution < -0.4 is 10.1 Å². The summed E-state index contributed by atoms with van der Waals surface area (Å²) >= 11 is 3.47. The molecule has 1 aliphatic rings. The van der Waals surface area contributed by atoms with E-state index in [1.54, 1.807) is 12.1 Å². The molecule has 0 aliphatic carbocycles. The molecular weight excluding hydrogens is 496 g/mol. The van der Waals surface area contributed by atoms with Gasteiger partial charge < -0.3 is 15.2 Å². The number of rotatable bonds is 4. The molecule has 0 spiro atoms. The fourth-order valence-electron chi connectivity index (χ4n) is 3.35. The molecule has 10 heteroatoms. The third-order valence-electron chi connectivity index (χ3n) is 4.54. The van der Waals surface area contributed by atoms with Crippen LogP contribution in [0.1, 0.15) is 22.7 Å². The van der Waals surface area contributed by atoms with E-state index in [2.05, 4.69) is 30.9 Å². The lowest BCUT2D eigenvalue weighted by Gasteiger charge is -2.36. The van der Waals surface area contributed by atoms with E-state index >= 15 is 0 Å². The quantitative estimate of drug-likeness (QED) is 0.585. The van der Waals surface area contributed by atoms with Gasteiger partial charge >= 0.3 is 6.36 Å². The Labute approximate surface area is 188 Å². The predicted molar refractivity (Wildman–Crippen MR) is 114 cm³/mol. The highest BCUT2D eigenvalue weighted by molar-refractivity contribution is 9.10. The van der Waals surface area contributed by atoms with Crippen LogP contribution in [0.25, 0.3) is 0 Å². The summed E-state index contributed by atoms with van der Waals surface area (Å²) in [5.41, 5.74) is 2.24. The first kappa shape index (κ1) is 25.8. The molecule has 2 aromatic rings. The Kier molecular flexibility index (Phi) is 9.56.